The summed E-state index contributed by atoms with van der Waals surface area (Å²) < 4.78 is 5.02. The highest BCUT2D eigenvalue weighted by atomic mass is 16.6. The Bertz CT molecular complexity index is 338. The van der Waals surface area contributed by atoms with Crippen molar-refractivity contribution < 1.29 is 19.4 Å². The van der Waals surface area contributed by atoms with Gasteiger partial charge in [-0.1, -0.05) is 6.92 Å². The van der Waals surface area contributed by atoms with Gasteiger partial charge < -0.3 is 15.2 Å². The third-order valence-corrected chi connectivity index (χ3v) is 2.25. The lowest BCUT2D eigenvalue weighted by Crippen LogP contribution is -2.47. The highest BCUT2D eigenvalue weighted by molar-refractivity contribution is 5.80. The third-order valence-electron chi connectivity index (χ3n) is 2.25. The molecule has 0 aliphatic heterocycles. The predicted octanol–water partition coefficient (Wildman–Crippen LogP) is 2.01. The van der Waals surface area contributed by atoms with Crippen molar-refractivity contribution in [2.45, 2.75) is 52.2 Å². The molecule has 0 aromatic rings. The van der Waals surface area contributed by atoms with Crippen LogP contribution in [0.4, 0.5) is 4.79 Å². The number of carboxylic acids is 1. The van der Waals surface area contributed by atoms with Crippen molar-refractivity contribution in [3.8, 4) is 12.3 Å². The van der Waals surface area contributed by atoms with E-state index < -0.39 is 23.7 Å². The number of carbonyl (C=O) groups is 2. The summed E-state index contributed by atoms with van der Waals surface area (Å²) in [5.41, 5.74) is -0.658. The zero-order valence-electron chi connectivity index (χ0n) is 11.3. The van der Waals surface area contributed by atoms with Crippen molar-refractivity contribution in [2.75, 3.05) is 0 Å². The van der Waals surface area contributed by atoms with Crippen LogP contribution in [-0.4, -0.2) is 28.8 Å². The summed E-state index contributed by atoms with van der Waals surface area (Å²) in [5, 5.41) is 11.4. The number of hydrogen-bond donors (Lipinski definition) is 2. The first kappa shape index (κ1) is 16.3. The molecule has 1 amide bonds. The van der Waals surface area contributed by atoms with Crippen LogP contribution in [0.15, 0.2) is 0 Å². The molecule has 0 bridgehead atoms. The van der Waals surface area contributed by atoms with E-state index >= 15 is 0 Å². The molecular weight excluding hydrogens is 234 g/mol. The highest BCUT2D eigenvalue weighted by Crippen LogP contribution is 2.13. The SMILES string of the molecule is C#CCC[C@H](C)[C@H](NC(=O)OC(C)(C)C)C(=O)O. The molecule has 102 valence electrons. The van der Waals surface area contributed by atoms with Crippen molar-refractivity contribution in [3.05, 3.63) is 0 Å². The molecule has 5 nitrogen and oxygen atoms in total. The second kappa shape index (κ2) is 6.90. The van der Waals surface area contributed by atoms with Crippen molar-refractivity contribution in [1.82, 2.24) is 5.32 Å². The lowest BCUT2D eigenvalue weighted by Gasteiger charge is -2.24. The zero-order valence-corrected chi connectivity index (χ0v) is 11.3. The topological polar surface area (TPSA) is 75.6 Å². The van der Waals surface area contributed by atoms with Crippen LogP contribution in [0, 0.1) is 18.3 Å². The van der Waals surface area contributed by atoms with Gasteiger partial charge >= 0.3 is 12.1 Å². The Morgan fingerprint density at radius 3 is 2.39 bits per heavy atom. The van der Waals surface area contributed by atoms with Gasteiger partial charge in [-0.2, -0.15) is 0 Å². The average molecular weight is 255 g/mol. The van der Waals surface area contributed by atoms with Gasteiger partial charge in [0, 0.05) is 6.42 Å². The van der Waals surface area contributed by atoms with E-state index in [2.05, 4.69) is 11.2 Å². The molecule has 5 heteroatoms. The molecule has 0 fully saturated rings. The minimum absolute atomic E-state index is 0.258. The van der Waals surface area contributed by atoms with E-state index in [4.69, 9.17) is 16.3 Å². The van der Waals surface area contributed by atoms with Gasteiger partial charge in [-0.15, -0.1) is 12.3 Å². The molecule has 2 N–H and O–H groups in total. The smallest absolute Gasteiger partial charge is 0.408 e. The van der Waals surface area contributed by atoms with E-state index in [9.17, 15) is 9.59 Å². The van der Waals surface area contributed by atoms with Gasteiger partial charge in [-0.05, 0) is 33.1 Å². The molecule has 0 unspecified atom stereocenters. The number of terminal acetylenes is 1. The molecule has 0 heterocycles. The van der Waals surface area contributed by atoms with E-state index in [1.54, 1.807) is 27.7 Å². The van der Waals surface area contributed by atoms with E-state index in [0.717, 1.165) is 0 Å². The quantitative estimate of drug-likeness (QED) is 0.737. The standard InChI is InChI=1S/C13H21NO4/c1-6-7-8-9(2)10(11(15)16)14-12(17)18-13(3,4)5/h1,9-10H,7-8H2,2-5H3,(H,14,17)(H,15,16)/t9-,10-/m0/s1. The Balaban J connectivity index is 4.50. The monoisotopic (exact) mass is 255 g/mol. The summed E-state index contributed by atoms with van der Waals surface area (Å²) in [6.07, 6.45) is 5.40. The molecule has 0 saturated heterocycles. The Morgan fingerprint density at radius 1 is 1.44 bits per heavy atom. The Hall–Kier alpha value is -1.70. The summed E-state index contributed by atoms with van der Waals surface area (Å²) in [7, 11) is 0. The van der Waals surface area contributed by atoms with Crippen LogP contribution in [-0.2, 0) is 9.53 Å². The summed E-state index contributed by atoms with van der Waals surface area (Å²) in [6, 6.07) is -0.992. The highest BCUT2D eigenvalue weighted by Gasteiger charge is 2.28. The van der Waals surface area contributed by atoms with E-state index in [-0.39, 0.29) is 5.92 Å². The minimum atomic E-state index is -1.09. The molecule has 0 saturated carbocycles. The number of carboxylic acid groups (broad SMARTS) is 1. The van der Waals surface area contributed by atoms with Gasteiger partial charge in [0.25, 0.3) is 0 Å². The van der Waals surface area contributed by atoms with Crippen molar-refractivity contribution in [1.29, 1.82) is 0 Å². The zero-order chi connectivity index (χ0) is 14.3. The molecule has 0 aromatic heterocycles. The maximum atomic E-state index is 11.5. The molecular formula is C13H21NO4. The van der Waals surface area contributed by atoms with Gasteiger partial charge in [-0.25, -0.2) is 9.59 Å². The number of hydrogen-bond acceptors (Lipinski definition) is 3. The van der Waals surface area contributed by atoms with Crippen LogP contribution in [0.25, 0.3) is 0 Å². The molecule has 0 spiro atoms. The van der Waals surface area contributed by atoms with E-state index in [1.807, 2.05) is 0 Å². The molecule has 0 aliphatic rings. The fraction of sp³-hybridized carbons (Fsp3) is 0.692. The van der Waals surface area contributed by atoms with Gasteiger partial charge in [0.05, 0.1) is 0 Å². The number of amides is 1. The molecule has 18 heavy (non-hydrogen) atoms. The van der Waals surface area contributed by atoms with Crippen LogP contribution in [0.3, 0.4) is 0 Å². The minimum Gasteiger partial charge on any atom is -0.480 e. The Kier molecular flexibility index (Phi) is 6.24. The van der Waals surface area contributed by atoms with Crippen LogP contribution in [0.5, 0.6) is 0 Å². The van der Waals surface area contributed by atoms with Gasteiger partial charge in [-0.3, -0.25) is 0 Å². The average Bonchev–Trinajstić information content (AvgIpc) is 2.19. The summed E-state index contributed by atoms with van der Waals surface area (Å²) in [4.78, 5) is 22.6. The van der Waals surface area contributed by atoms with E-state index in [1.165, 1.54) is 0 Å². The lowest BCUT2D eigenvalue weighted by atomic mass is 9.97. The second-order valence-electron chi connectivity index (χ2n) is 5.18. The number of carbonyl (C=O) groups excluding carboxylic acids is 1. The number of rotatable bonds is 5. The number of aliphatic carboxylic acids is 1. The molecule has 2 atom stereocenters. The fourth-order valence-electron chi connectivity index (χ4n) is 1.36. The number of alkyl carbamates (subject to hydrolysis) is 1. The van der Waals surface area contributed by atoms with Crippen LogP contribution < -0.4 is 5.32 Å². The van der Waals surface area contributed by atoms with Crippen molar-refractivity contribution in [3.63, 3.8) is 0 Å². The Morgan fingerprint density at radius 2 is 2.00 bits per heavy atom. The molecule has 0 radical (unpaired) electrons. The van der Waals surface area contributed by atoms with Crippen LogP contribution in [0.2, 0.25) is 0 Å². The third kappa shape index (κ3) is 6.79. The number of nitrogens with one attached hydrogen (secondary N) is 1. The summed E-state index contributed by atoms with van der Waals surface area (Å²) in [5.74, 6) is 1.10. The van der Waals surface area contributed by atoms with Gasteiger partial charge in [0.2, 0.25) is 0 Å². The van der Waals surface area contributed by atoms with Crippen molar-refractivity contribution in [2.24, 2.45) is 5.92 Å². The first-order chi connectivity index (χ1) is 8.17. The summed E-state index contributed by atoms with van der Waals surface area (Å²) in [6.45, 7) is 6.87. The lowest BCUT2D eigenvalue weighted by molar-refractivity contribution is -0.140. The Labute approximate surface area is 108 Å². The van der Waals surface area contributed by atoms with E-state index in [0.29, 0.717) is 12.8 Å². The molecule has 0 rings (SSSR count). The largest absolute Gasteiger partial charge is 0.480 e. The normalized spacial score (nSPS) is 14.2. The second-order valence-corrected chi connectivity index (χ2v) is 5.18. The first-order valence-corrected chi connectivity index (χ1v) is 5.83. The first-order valence-electron chi connectivity index (χ1n) is 5.83. The maximum Gasteiger partial charge on any atom is 0.408 e. The predicted molar refractivity (Wildman–Crippen MR) is 68.0 cm³/mol. The van der Waals surface area contributed by atoms with Crippen LogP contribution >= 0.6 is 0 Å². The summed E-state index contributed by atoms with van der Waals surface area (Å²) >= 11 is 0. The van der Waals surface area contributed by atoms with Gasteiger partial charge in [0.15, 0.2) is 0 Å². The molecule has 0 aromatic carbocycles. The fourth-order valence-corrected chi connectivity index (χ4v) is 1.36. The maximum absolute atomic E-state index is 11.5. The van der Waals surface area contributed by atoms with Crippen molar-refractivity contribution >= 4 is 12.1 Å². The number of ether oxygens (including phenoxy) is 1. The van der Waals surface area contributed by atoms with Gasteiger partial charge in [0.1, 0.15) is 11.6 Å². The van der Waals surface area contributed by atoms with Crippen LogP contribution in [0.1, 0.15) is 40.5 Å². The molecule has 0 aliphatic carbocycles.